The number of anilines is 1. The van der Waals surface area contributed by atoms with Crippen molar-refractivity contribution in [2.45, 2.75) is 25.7 Å². The number of nitrogens with zero attached hydrogens (tertiary/aromatic N) is 2. The molecule has 2 aromatic carbocycles. The Morgan fingerprint density at radius 3 is 2.64 bits per heavy atom. The van der Waals surface area contributed by atoms with Crippen LogP contribution < -0.4 is 14.8 Å². The summed E-state index contributed by atoms with van der Waals surface area (Å²) in [5.41, 5.74) is 3.20. The lowest BCUT2D eigenvalue weighted by Gasteiger charge is -2.26. The van der Waals surface area contributed by atoms with Crippen molar-refractivity contribution in [3.05, 3.63) is 69.1 Å². The van der Waals surface area contributed by atoms with Crippen molar-refractivity contribution in [3.63, 3.8) is 0 Å². The van der Waals surface area contributed by atoms with E-state index in [-0.39, 0.29) is 18.4 Å². The van der Waals surface area contributed by atoms with E-state index in [0.29, 0.717) is 59.1 Å². The number of benzene rings is 2. The topological polar surface area (TPSA) is 89.5 Å². The summed E-state index contributed by atoms with van der Waals surface area (Å²) in [6, 6.07) is 12.5. The van der Waals surface area contributed by atoms with E-state index in [1.54, 1.807) is 66.0 Å². The summed E-state index contributed by atoms with van der Waals surface area (Å²) in [5, 5.41) is 4.29. The average molecular weight is 568 g/mol. The number of aryl methyl sites for hydroxylation is 1. The SMILES string of the molecule is COc1cc(C=Nc2sc3c(c2C(=O)Nc2ccc(Cl)cc2)CCCC3)ccc1OCC(=O)N1CCOCC1. The summed E-state index contributed by atoms with van der Waals surface area (Å²) in [5.74, 6) is 0.720. The van der Waals surface area contributed by atoms with E-state index in [2.05, 4.69) is 5.32 Å². The summed E-state index contributed by atoms with van der Waals surface area (Å²) in [4.78, 5) is 33.5. The number of ether oxygens (including phenoxy) is 3. The normalized spacial score (nSPS) is 15.2. The number of amides is 2. The first kappa shape index (κ1) is 27.2. The van der Waals surface area contributed by atoms with Gasteiger partial charge in [-0.25, -0.2) is 4.99 Å². The Hall–Kier alpha value is -3.40. The molecule has 0 spiro atoms. The number of halogens is 1. The summed E-state index contributed by atoms with van der Waals surface area (Å²) in [6.45, 7) is 2.15. The molecule has 1 fully saturated rings. The summed E-state index contributed by atoms with van der Waals surface area (Å²) in [6.07, 6.45) is 5.72. The molecule has 0 radical (unpaired) electrons. The van der Waals surface area contributed by atoms with Crippen LogP contribution in [0, 0.1) is 0 Å². The molecule has 1 N–H and O–H groups in total. The smallest absolute Gasteiger partial charge is 0.260 e. The fourth-order valence-corrected chi connectivity index (χ4v) is 6.02. The molecule has 2 heterocycles. The summed E-state index contributed by atoms with van der Waals surface area (Å²) < 4.78 is 16.6. The van der Waals surface area contributed by atoms with E-state index in [1.807, 2.05) is 6.07 Å². The number of thiophene rings is 1. The summed E-state index contributed by atoms with van der Waals surface area (Å²) in [7, 11) is 1.55. The summed E-state index contributed by atoms with van der Waals surface area (Å²) >= 11 is 7.57. The highest BCUT2D eigenvalue weighted by Gasteiger charge is 2.25. The Labute approximate surface area is 236 Å². The molecule has 2 amide bonds. The van der Waals surface area contributed by atoms with Gasteiger partial charge in [0.05, 0.1) is 25.9 Å². The lowest BCUT2D eigenvalue weighted by molar-refractivity contribution is -0.137. The van der Waals surface area contributed by atoms with Gasteiger partial charge in [-0.2, -0.15) is 0 Å². The maximum absolute atomic E-state index is 13.4. The molecule has 1 saturated heterocycles. The molecule has 0 bridgehead atoms. The minimum Gasteiger partial charge on any atom is -0.493 e. The lowest BCUT2D eigenvalue weighted by atomic mass is 9.95. The van der Waals surface area contributed by atoms with Gasteiger partial charge in [-0.15, -0.1) is 11.3 Å². The first-order valence-corrected chi connectivity index (χ1v) is 14.1. The number of methoxy groups -OCH3 is 1. The lowest BCUT2D eigenvalue weighted by Crippen LogP contribution is -2.43. The minimum absolute atomic E-state index is 0.0728. The zero-order valence-corrected chi connectivity index (χ0v) is 23.3. The number of carbonyl (C=O) groups is 2. The molecule has 39 heavy (non-hydrogen) atoms. The highest BCUT2D eigenvalue weighted by molar-refractivity contribution is 7.16. The Morgan fingerprint density at radius 2 is 1.87 bits per heavy atom. The van der Waals surface area contributed by atoms with Crippen molar-refractivity contribution < 1.29 is 23.8 Å². The van der Waals surface area contributed by atoms with Gasteiger partial charge in [0.25, 0.3) is 11.8 Å². The van der Waals surface area contributed by atoms with Crippen LogP contribution in [0.25, 0.3) is 0 Å². The van der Waals surface area contributed by atoms with Gasteiger partial charge in [-0.3, -0.25) is 9.59 Å². The van der Waals surface area contributed by atoms with Crippen LogP contribution in [0.2, 0.25) is 5.02 Å². The van der Waals surface area contributed by atoms with Gasteiger partial charge in [0, 0.05) is 34.9 Å². The van der Waals surface area contributed by atoms with Crippen LogP contribution >= 0.6 is 22.9 Å². The number of rotatable bonds is 8. The quantitative estimate of drug-likeness (QED) is 0.362. The average Bonchev–Trinajstić information content (AvgIpc) is 3.35. The molecule has 0 saturated carbocycles. The number of aliphatic imine (C=N–C) groups is 1. The number of nitrogens with one attached hydrogen (secondary N) is 1. The van der Waals surface area contributed by atoms with Gasteiger partial charge in [0.15, 0.2) is 18.1 Å². The second-order valence-corrected chi connectivity index (χ2v) is 10.8. The van der Waals surface area contributed by atoms with Crippen LogP contribution in [0.3, 0.4) is 0 Å². The molecule has 1 aromatic heterocycles. The number of hydrogen-bond donors (Lipinski definition) is 1. The van der Waals surface area contributed by atoms with Gasteiger partial charge in [0.2, 0.25) is 0 Å². The fourth-order valence-electron chi connectivity index (χ4n) is 4.66. The third-order valence-corrected chi connectivity index (χ3v) is 8.17. The number of hydrogen-bond acceptors (Lipinski definition) is 7. The Bertz CT molecular complexity index is 1370. The highest BCUT2D eigenvalue weighted by atomic mass is 35.5. The van der Waals surface area contributed by atoms with Crippen molar-refractivity contribution >= 4 is 51.7 Å². The van der Waals surface area contributed by atoms with Gasteiger partial charge in [0.1, 0.15) is 5.00 Å². The van der Waals surface area contributed by atoms with E-state index in [9.17, 15) is 9.59 Å². The van der Waals surface area contributed by atoms with E-state index >= 15 is 0 Å². The van der Waals surface area contributed by atoms with Crippen LogP contribution in [-0.4, -0.2) is 62.9 Å². The molecule has 204 valence electrons. The van der Waals surface area contributed by atoms with E-state index < -0.39 is 0 Å². The predicted molar refractivity (Wildman–Crippen MR) is 154 cm³/mol. The third-order valence-electron chi connectivity index (χ3n) is 6.72. The largest absolute Gasteiger partial charge is 0.493 e. The van der Waals surface area contributed by atoms with Gasteiger partial charge in [-0.1, -0.05) is 11.6 Å². The standard InChI is InChI=1S/C29H30ClN3O5S/c1-36-24-16-19(6-11-23(24)38-18-26(34)33-12-14-37-15-13-33)17-31-29-27(22-4-2-3-5-25(22)39-29)28(35)32-21-9-7-20(30)8-10-21/h6-11,16-17H,2-5,12-15,18H2,1H3,(H,32,35). The van der Waals surface area contributed by atoms with E-state index in [1.165, 1.54) is 4.88 Å². The van der Waals surface area contributed by atoms with E-state index in [0.717, 1.165) is 36.8 Å². The third kappa shape index (κ3) is 6.61. The van der Waals surface area contributed by atoms with Gasteiger partial charge < -0.3 is 24.4 Å². The fraction of sp³-hybridized carbons (Fsp3) is 0.345. The maximum Gasteiger partial charge on any atom is 0.260 e. The van der Waals surface area contributed by atoms with Crippen LogP contribution in [-0.2, 0) is 22.4 Å². The van der Waals surface area contributed by atoms with Crippen LogP contribution in [0.5, 0.6) is 11.5 Å². The number of morpholine rings is 1. The molecule has 2 aliphatic rings. The minimum atomic E-state index is -0.171. The second kappa shape index (κ2) is 12.6. The molecule has 0 unspecified atom stereocenters. The van der Waals surface area contributed by atoms with Crippen LogP contribution in [0.4, 0.5) is 10.7 Å². The van der Waals surface area contributed by atoms with Crippen molar-refractivity contribution in [2.24, 2.45) is 4.99 Å². The van der Waals surface area contributed by atoms with Crippen molar-refractivity contribution in [1.82, 2.24) is 4.90 Å². The highest BCUT2D eigenvalue weighted by Crippen LogP contribution is 2.40. The van der Waals surface area contributed by atoms with Gasteiger partial charge >= 0.3 is 0 Å². The number of carbonyl (C=O) groups excluding carboxylic acids is 2. The molecule has 8 nitrogen and oxygen atoms in total. The molecule has 1 aliphatic carbocycles. The Balaban J connectivity index is 1.33. The number of fused-ring (bicyclic) bond motifs is 1. The predicted octanol–water partition coefficient (Wildman–Crippen LogP) is 5.53. The molecular formula is C29H30ClN3O5S. The first-order chi connectivity index (χ1) is 19.0. The monoisotopic (exact) mass is 567 g/mol. The molecule has 1 aliphatic heterocycles. The van der Waals surface area contributed by atoms with Gasteiger partial charge in [-0.05, 0) is 79.3 Å². The zero-order chi connectivity index (χ0) is 27.2. The molecule has 10 heteroatoms. The molecule has 3 aromatic rings. The van der Waals surface area contributed by atoms with E-state index in [4.69, 9.17) is 30.8 Å². The van der Waals surface area contributed by atoms with Crippen molar-refractivity contribution in [2.75, 3.05) is 45.3 Å². The Kier molecular flexibility index (Phi) is 8.81. The van der Waals surface area contributed by atoms with Crippen LogP contribution in [0.1, 0.15) is 39.2 Å². The molecule has 5 rings (SSSR count). The first-order valence-electron chi connectivity index (χ1n) is 12.9. The zero-order valence-electron chi connectivity index (χ0n) is 21.7. The van der Waals surface area contributed by atoms with Crippen molar-refractivity contribution in [3.8, 4) is 11.5 Å². The van der Waals surface area contributed by atoms with Crippen LogP contribution in [0.15, 0.2) is 47.5 Å². The maximum atomic E-state index is 13.4. The molecule has 0 atom stereocenters. The Morgan fingerprint density at radius 1 is 1.10 bits per heavy atom. The molecular weight excluding hydrogens is 538 g/mol. The second-order valence-electron chi connectivity index (χ2n) is 9.30. The van der Waals surface area contributed by atoms with Crippen molar-refractivity contribution in [1.29, 1.82) is 0 Å².